The highest BCUT2D eigenvalue weighted by molar-refractivity contribution is 9.13. The Hall–Kier alpha value is -0.590. The Morgan fingerprint density at radius 3 is 2.94 bits per heavy atom. The van der Waals surface area contributed by atoms with Crippen LogP contribution in [0.5, 0.6) is 0 Å². The van der Waals surface area contributed by atoms with E-state index in [-0.39, 0.29) is 0 Å². The first-order valence-electron chi connectivity index (χ1n) is 4.86. The van der Waals surface area contributed by atoms with E-state index in [0.717, 1.165) is 34.5 Å². The Balaban J connectivity index is 1.72. The lowest BCUT2D eigenvalue weighted by atomic mass is 10.4. The summed E-state index contributed by atoms with van der Waals surface area (Å²) in [6, 6.07) is 1.95. The smallest absolute Gasteiger partial charge is 0.183 e. The topological polar surface area (TPSA) is 43.0 Å². The highest BCUT2D eigenvalue weighted by Gasteiger charge is 2.04. The summed E-state index contributed by atoms with van der Waals surface area (Å²) in [5.41, 5.74) is 0. The summed E-state index contributed by atoms with van der Waals surface area (Å²) >= 11 is 6.68. The van der Waals surface area contributed by atoms with Gasteiger partial charge in [-0.1, -0.05) is 0 Å². The number of halogens is 2. The molecule has 2 heterocycles. The van der Waals surface area contributed by atoms with Crippen molar-refractivity contribution in [1.82, 2.24) is 14.9 Å². The summed E-state index contributed by atoms with van der Waals surface area (Å²) in [6.45, 7) is 2.51. The van der Waals surface area contributed by atoms with Crippen LogP contribution in [0.1, 0.15) is 5.76 Å². The van der Waals surface area contributed by atoms with Gasteiger partial charge >= 0.3 is 0 Å². The molecule has 0 bridgehead atoms. The minimum absolute atomic E-state index is 0.721. The molecule has 0 spiro atoms. The fourth-order valence-electron chi connectivity index (χ4n) is 1.32. The molecule has 1 N–H and O–H groups in total. The van der Waals surface area contributed by atoms with Crippen LogP contribution in [0.2, 0.25) is 0 Å². The van der Waals surface area contributed by atoms with Gasteiger partial charge in [0.2, 0.25) is 0 Å². The molecule has 0 saturated carbocycles. The molecule has 0 amide bonds. The lowest BCUT2D eigenvalue weighted by molar-refractivity contribution is 0.459. The Labute approximate surface area is 110 Å². The van der Waals surface area contributed by atoms with E-state index in [2.05, 4.69) is 42.2 Å². The van der Waals surface area contributed by atoms with E-state index in [1.807, 2.05) is 23.2 Å². The molecule has 2 aromatic heterocycles. The summed E-state index contributed by atoms with van der Waals surface area (Å²) in [5.74, 6) is 0.907. The molecule has 0 aromatic carbocycles. The van der Waals surface area contributed by atoms with Crippen LogP contribution < -0.4 is 5.32 Å². The normalized spacial score (nSPS) is 10.9. The van der Waals surface area contributed by atoms with Crippen molar-refractivity contribution < 1.29 is 4.42 Å². The average Bonchev–Trinajstić information content (AvgIpc) is 2.85. The molecule has 0 radical (unpaired) electrons. The quantitative estimate of drug-likeness (QED) is 0.845. The molecule has 0 aliphatic heterocycles. The fourth-order valence-corrected chi connectivity index (χ4v) is 1.98. The molecule has 2 rings (SSSR count). The first-order valence-corrected chi connectivity index (χ1v) is 6.44. The number of hydrogen-bond acceptors (Lipinski definition) is 3. The molecule has 86 valence electrons. The predicted octanol–water partition coefficient (Wildman–Crippen LogP) is 2.79. The van der Waals surface area contributed by atoms with Crippen LogP contribution in [0, 0.1) is 0 Å². The lowest BCUT2D eigenvalue weighted by Gasteiger charge is -2.03. The Morgan fingerprint density at radius 2 is 2.31 bits per heavy atom. The minimum Gasteiger partial charge on any atom is -0.452 e. The third-order valence-electron chi connectivity index (χ3n) is 2.10. The molecule has 16 heavy (non-hydrogen) atoms. The van der Waals surface area contributed by atoms with E-state index in [1.54, 1.807) is 6.20 Å². The molecule has 0 aliphatic rings. The van der Waals surface area contributed by atoms with E-state index >= 15 is 0 Å². The van der Waals surface area contributed by atoms with Gasteiger partial charge in [-0.15, -0.1) is 0 Å². The summed E-state index contributed by atoms with van der Waals surface area (Å²) in [4.78, 5) is 3.98. The van der Waals surface area contributed by atoms with Crippen LogP contribution >= 0.6 is 31.9 Å². The van der Waals surface area contributed by atoms with Crippen molar-refractivity contribution in [2.24, 2.45) is 0 Å². The predicted molar refractivity (Wildman–Crippen MR) is 68.0 cm³/mol. The lowest BCUT2D eigenvalue weighted by Crippen LogP contribution is -2.18. The number of aromatic nitrogens is 2. The SMILES string of the molecule is Brc1cc(CNCCn2ccnc2)oc1Br. The maximum Gasteiger partial charge on any atom is 0.183 e. The first-order chi connectivity index (χ1) is 7.75. The van der Waals surface area contributed by atoms with Crippen LogP contribution in [0.25, 0.3) is 0 Å². The number of nitrogens with zero attached hydrogens (tertiary/aromatic N) is 2. The second kappa shape index (κ2) is 5.65. The number of imidazole rings is 1. The second-order valence-corrected chi connectivity index (χ2v) is 4.89. The number of rotatable bonds is 5. The maximum absolute atomic E-state index is 5.44. The van der Waals surface area contributed by atoms with Gasteiger partial charge in [0, 0.05) is 25.5 Å². The van der Waals surface area contributed by atoms with Crippen molar-refractivity contribution in [3.8, 4) is 0 Å². The summed E-state index contributed by atoms with van der Waals surface area (Å²) in [5, 5.41) is 3.30. The van der Waals surface area contributed by atoms with Gasteiger partial charge in [0.05, 0.1) is 17.3 Å². The van der Waals surface area contributed by atoms with Crippen molar-refractivity contribution in [1.29, 1.82) is 0 Å². The Bertz CT molecular complexity index is 419. The molecular formula is C10H11Br2N3O. The van der Waals surface area contributed by atoms with E-state index in [0.29, 0.717) is 0 Å². The van der Waals surface area contributed by atoms with E-state index < -0.39 is 0 Å². The molecule has 0 fully saturated rings. The molecule has 0 unspecified atom stereocenters. The van der Waals surface area contributed by atoms with Gasteiger partial charge in [-0.05, 0) is 37.9 Å². The van der Waals surface area contributed by atoms with Crippen LogP contribution in [-0.2, 0) is 13.1 Å². The third-order valence-corrected chi connectivity index (χ3v) is 3.81. The number of furan rings is 1. The zero-order valence-electron chi connectivity index (χ0n) is 8.49. The molecule has 6 heteroatoms. The summed E-state index contributed by atoms with van der Waals surface area (Å²) in [7, 11) is 0. The number of hydrogen-bond donors (Lipinski definition) is 1. The fraction of sp³-hybridized carbons (Fsp3) is 0.300. The van der Waals surface area contributed by atoms with Gasteiger partial charge in [0.25, 0.3) is 0 Å². The monoisotopic (exact) mass is 347 g/mol. The van der Waals surface area contributed by atoms with Crippen molar-refractivity contribution in [3.05, 3.63) is 39.7 Å². The molecule has 0 aliphatic carbocycles. The standard InChI is InChI=1S/C10H11Br2N3O/c11-9-5-8(16-10(9)12)6-13-1-3-15-4-2-14-7-15/h2,4-5,7,13H,1,3,6H2. The van der Waals surface area contributed by atoms with Crippen LogP contribution in [0.4, 0.5) is 0 Å². The van der Waals surface area contributed by atoms with Gasteiger partial charge in [0.15, 0.2) is 4.67 Å². The van der Waals surface area contributed by atoms with E-state index in [4.69, 9.17) is 4.42 Å². The molecule has 4 nitrogen and oxygen atoms in total. The Kier molecular flexibility index (Phi) is 4.20. The number of nitrogens with one attached hydrogen (secondary N) is 1. The molecule has 0 saturated heterocycles. The van der Waals surface area contributed by atoms with Gasteiger partial charge in [0.1, 0.15) is 5.76 Å². The van der Waals surface area contributed by atoms with Crippen molar-refractivity contribution in [2.45, 2.75) is 13.1 Å². The van der Waals surface area contributed by atoms with Crippen LogP contribution in [0.15, 0.2) is 38.3 Å². The Morgan fingerprint density at radius 1 is 1.44 bits per heavy atom. The summed E-state index contributed by atoms with van der Waals surface area (Å²) < 4.78 is 9.15. The van der Waals surface area contributed by atoms with Crippen LogP contribution in [0.3, 0.4) is 0 Å². The van der Waals surface area contributed by atoms with Crippen molar-refractivity contribution >= 4 is 31.9 Å². The van der Waals surface area contributed by atoms with Crippen molar-refractivity contribution in [3.63, 3.8) is 0 Å². The van der Waals surface area contributed by atoms with Gasteiger partial charge in [-0.2, -0.15) is 0 Å². The first kappa shape index (κ1) is 11.9. The van der Waals surface area contributed by atoms with E-state index in [1.165, 1.54) is 0 Å². The van der Waals surface area contributed by atoms with Gasteiger partial charge < -0.3 is 14.3 Å². The third kappa shape index (κ3) is 3.20. The van der Waals surface area contributed by atoms with Crippen molar-refractivity contribution in [2.75, 3.05) is 6.54 Å². The second-order valence-electron chi connectivity index (χ2n) is 3.31. The highest BCUT2D eigenvalue weighted by Crippen LogP contribution is 2.26. The summed E-state index contributed by atoms with van der Waals surface area (Å²) in [6.07, 6.45) is 5.53. The minimum atomic E-state index is 0.721. The largest absolute Gasteiger partial charge is 0.452 e. The maximum atomic E-state index is 5.44. The molecular weight excluding hydrogens is 338 g/mol. The van der Waals surface area contributed by atoms with E-state index in [9.17, 15) is 0 Å². The van der Waals surface area contributed by atoms with Gasteiger partial charge in [-0.25, -0.2) is 4.98 Å². The molecule has 0 atom stereocenters. The zero-order chi connectivity index (χ0) is 11.4. The molecule has 2 aromatic rings. The van der Waals surface area contributed by atoms with Crippen LogP contribution in [-0.4, -0.2) is 16.1 Å². The zero-order valence-corrected chi connectivity index (χ0v) is 11.7. The average molecular weight is 349 g/mol. The highest BCUT2D eigenvalue weighted by atomic mass is 79.9. The van der Waals surface area contributed by atoms with Gasteiger partial charge in [-0.3, -0.25) is 0 Å².